The smallest absolute Gasteiger partial charge is 0.0896 e. The monoisotopic (exact) mass is 222 g/mol. The quantitative estimate of drug-likeness (QED) is 0.434. The molecule has 0 fully saturated rings. The predicted molar refractivity (Wildman–Crippen MR) is 71.0 cm³/mol. The molecule has 1 aliphatic rings. The van der Waals surface area contributed by atoms with E-state index >= 15 is 0 Å². The van der Waals surface area contributed by atoms with Gasteiger partial charge in [-0.1, -0.05) is 45.1 Å². The zero-order valence-electron chi connectivity index (χ0n) is 10.7. The van der Waals surface area contributed by atoms with E-state index in [1.807, 2.05) is 6.08 Å². The SMILES string of the molecule is C=CCN1C=CN(CCCCCCCC)C1. The van der Waals surface area contributed by atoms with Crippen LogP contribution in [0, 0.1) is 0 Å². The molecule has 1 heterocycles. The Morgan fingerprint density at radius 2 is 1.75 bits per heavy atom. The van der Waals surface area contributed by atoms with Crippen molar-refractivity contribution in [3.8, 4) is 0 Å². The molecule has 0 saturated heterocycles. The summed E-state index contributed by atoms with van der Waals surface area (Å²) in [6, 6.07) is 0. The van der Waals surface area contributed by atoms with Gasteiger partial charge in [0.2, 0.25) is 0 Å². The van der Waals surface area contributed by atoms with Crippen molar-refractivity contribution < 1.29 is 0 Å². The van der Waals surface area contributed by atoms with Crippen LogP contribution in [0.25, 0.3) is 0 Å². The van der Waals surface area contributed by atoms with Gasteiger partial charge in [-0.2, -0.15) is 0 Å². The van der Waals surface area contributed by atoms with E-state index in [2.05, 4.69) is 35.7 Å². The van der Waals surface area contributed by atoms with E-state index in [1.165, 1.54) is 45.1 Å². The van der Waals surface area contributed by atoms with E-state index in [9.17, 15) is 0 Å². The third-order valence-electron chi connectivity index (χ3n) is 3.01. The lowest BCUT2D eigenvalue weighted by Crippen LogP contribution is -2.26. The molecule has 0 aliphatic carbocycles. The van der Waals surface area contributed by atoms with E-state index in [0.717, 1.165) is 13.2 Å². The molecule has 0 unspecified atom stereocenters. The molecule has 0 aromatic carbocycles. The molecule has 2 nitrogen and oxygen atoms in total. The number of hydrogen-bond donors (Lipinski definition) is 0. The molecule has 0 spiro atoms. The van der Waals surface area contributed by atoms with E-state index in [0.29, 0.717) is 0 Å². The van der Waals surface area contributed by atoms with E-state index in [-0.39, 0.29) is 0 Å². The Morgan fingerprint density at radius 3 is 2.50 bits per heavy atom. The maximum atomic E-state index is 3.76. The van der Waals surface area contributed by atoms with Gasteiger partial charge >= 0.3 is 0 Å². The fourth-order valence-corrected chi connectivity index (χ4v) is 2.04. The third-order valence-corrected chi connectivity index (χ3v) is 3.01. The van der Waals surface area contributed by atoms with Crippen molar-refractivity contribution in [1.82, 2.24) is 9.80 Å². The second kappa shape index (κ2) is 8.26. The van der Waals surface area contributed by atoms with Crippen molar-refractivity contribution in [3.63, 3.8) is 0 Å². The lowest BCUT2D eigenvalue weighted by Gasteiger charge is -2.19. The highest BCUT2D eigenvalue weighted by Gasteiger charge is 2.09. The van der Waals surface area contributed by atoms with Gasteiger partial charge in [-0.25, -0.2) is 0 Å². The van der Waals surface area contributed by atoms with Gasteiger partial charge in [-0.05, 0) is 6.42 Å². The first-order valence-electron chi connectivity index (χ1n) is 6.64. The summed E-state index contributed by atoms with van der Waals surface area (Å²) in [5.41, 5.74) is 0. The Kier molecular flexibility index (Phi) is 6.78. The molecule has 0 N–H and O–H groups in total. The van der Waals surface area contributed by atoms with Crippen LogP contribution < -0.4 is 0 Å². The fraction of sp³-hybridized carbons (Fsp3) is 0.714. The summed E-state index contributed by atoms with van der Waals surface area (Å²) in [4.78, 5) is 4.67. The highest BCUT2D eigenvalue weighted by Crippen LogP contribution is 2.10. The van der Waals surface area contributed by atoms with Gasteiger partial charge in [0.25, 0.3) is 0 Å². The highest BCUT2D eigenvalue weighted by atomic mass is 15.3. The average molecular weight is 222 g/mol. The van der Waals surface area contributed by atoms with E-state index in [4.69, 9.17) is 0 Å². The van der Waals surface area contributed by atoms with Crippen molar-refractivity contribution in [2.24, 2.45) is 0 Å². The first-order valence-corrected chi connectivity index (χ1v) is 6.64. The van der Waals surface area contributed by atoms with Crippen LogP contribution in [-0.4, -0.2) is 29.6 Å². The van der Waals surface area contributed by atoms with Crippen LogP contribution in [0.5, 0.6) is 0 Å². The fourth-order valence-electron chi connectivity index (χ4n) is 2.04. The largest absolute Gasteiger partial charge is 0.359 e. The Morgan fingerprint density at radius 1 is 1.06 bits per heavy atom. The first-order chi connectivity index (χ1) is 7.86. The summed E-state index contributed by atoms with van der Waals surface area (Å²) in [6.45, 7) is 9.24. The molecule has 0 bridgehead atoms. The summed E-state index contributed by atoms with van der Waals surface area (Å²) in [5, 5.41) is 0. The molecule has 0 saturated carbocycles. The van der Waals surface area contributed by atoms with Gasteiger partial charge in [0.05, 0.1) is 6.67 Å². The van der Waals surface area contributed by atoms with Crippen LogP contribution in [0.1, 0.15) is 45.4 Å². The third kappa shape index (κ3) is 5.24. The summed E-state index contributed by atoms with van der Waals surface area (Å²) in [5.74, 6) is 0. The minimum atomic E-state index is 0.962. The van der Waals surface area contributed by atoms with Gasteiger partial charge in [-0.15, -0.1) is 6.58 Å². The van der Waals surface area contributed by atoms with Crippen LogP contribution in [0.15, 0.2) is 25.1 Å². The lowest BCUT2D eigenvalue weighted by atomic mass is 10.1. The minimum absolute atomic E-state index is 0.962. The second-order valence-corrected chi connectivity index (χ2v) is 4.58. The molecule has 0 aromatic rings. The highest BCUT2D eigenvalue weighted by molar-refractivity contribution is 4.92. The molecule has 0 atom stereocenters. The van der Waals surface area contributed by atoms with Gasteiger partial charge in [0.15, 0.2) is 0 Å². The zero-order valence-corrected chi connectivity index (χ0v) is 10.7. The van der Waals surface area contributed by atoms with Crippen LogP contribution in [-0.2, 0) is 0 Å². The van der Waals surface area contributed by atoms with Crippen molar-refractivity contribution in [3.05, 3.63) is 25.1 Å². The molecular weight excluding hydrogens is 196 g/mol. The first kappa shape index (κ1) is 13.1. The summed E-state index contributed by atoms with van der Waals surface area (Å²) in [6.07, 6.45) is 14.6. The Labute approximate surface area is 101 Å². The average Bonchev–Trinajstić information content (AvgIpc) is 2.72. The molecular formula is C14H26N2. The number of hydrogen-bond acceptors (Lipinski definition) is 2. The van der Waals surface area contributed by atoms with Gasteiger partial charge < -0.3 is 9.80 Å². The molecule has 1 aliphatic heterocycles. The second-order valence-electron chi connectivity index (χ2n) is 4.58. The van der Waals surface area contributed by atoms with Crippen LogP contribution in [0.2, 0.25) is 0 Å². The summed E-state index contributed by atoms with van der Waals surface area (Å²) in [7, 11) is 0. The van der Waals surface area contributed by atoms with Gasteiger partial charge in [0, 0.05) is 25.5 Å². The molecule has 1 rings (SSSR count). The Bertz CT molecular complexity index is 211. The zero-order chi connectivity index (χ0) is 11.6. The van der Waals surface area contributed by atoms with Gasteiger partial charge in [-0.3, -0.25) is 0 Å². The molecule has 0 aromatic heterocycles. The standard InChI is InChI=1S/C14H26N2/c1-3-5-6-7-8-9-11-16-13-12-15(14-16)10-4-2/h4,12-13H,2-3,5-11,14H2,1H3. The number of unbranched alkanes of at least 4 members (excludes halogenated alkanes) is 5. The molecule has 16 heavy (non-hydrogen) atoms. The minimum Gasteiger partial charge on any atom is -0.359 e. The summed E-state index contributed by atoms with van der Waals surface area (Å²) >= 11 is 0. The van der Waals surface area contributed by atoms with E-state index in [1.54, 1.807) is 0 Å². The number of nitrogens with zero attached hydrogens (tertiary/aromatic N) is 2. The van der Waals surface area contributed by atoms with Crippen molar-refractivity contribution in [2.75, 3.05) is 19.8 Å². The Balaban J connectivity index is 1.95. The normalized spacial score (nSPS) is 14.8. The van der Waals surface area contributed by atoms with Crippen molar-refractivity contribution in [2.45, 2.75) is 45.4 Å². The maximum absolute atomic E-state index is 3.76. The van der Waals surface area contributed by atoms with Crippen LogP contribution in [0.4, 0.5) is 0 Å². The van der Waals surface area contributed by atoms with Crippen molar-refractivity contribution >= 4 is 0 Å². The predicted octanol–water partition coefficient (Wildman–Crippen LogP) is 3.58. The Hall–Kier alpha value is -0.920. The summed E-state index contributed by atoms with van der Waals surface area (Å²) < 4.78 is 0. The molecule has 0 amide bonds. The molecule has 92 valence electrons. The molecule has 0 radical (unpaired) electrons. The van der Waals surface area contributed by atoms with Crippen molar-refractivity contribution in [1.29, 1.82) is 0 Å². The van der Waals surface area contributed by atoms with Crippen LogP contribution >= 0.6 is 0 Å². The number of rotatable bonds is 9. The topological polar surface area (TPSA) is 6.48 Å². The lowest BCUT2D eigenvalue weighted by molar-refractivity contribution is 0.276. The maximum Gasteiger partial charge on any atom is 0.0896 e. The van der Waals surface area contributed by atoms with Gasteiger partial charge in [0.1, 0.15) is 0 Å². The van der Waals surface area contributed by atoms with Crippen LogP contribution in [0.3, 0.4) is 0 Å². The molecule has 2 heteroatoms. The van der Waals surface area contributed by atoms with E-state index < -0.39 is 0 Å².